The number of unbranched alkanes of at least 4 members (excludes halogenated alkanes) is 2. The molecule has 0 rings (SSSR count). The van der Waals surface area contributed by atoms with E-state index in [9.17, 15) is 9.90 Å². The Morgan fingerprint density at radius 1 is 1.31 bits per heavy atom. The summed E-state index contributed by atoms with van der Waals surface area (Å²) in [5.41, 5.74) is 0. The van der Waals surface area contributed by atoms with Crippen molar-refractivity contribution in [1.29, 1.82) is 0 Å². The summed E-state index contributed by atoms with van der Waals surface area (Å²) in [7, 11) is 0. The Morgan fingerprint density at radius 2 is 1.92 bits per heavy atom. The Balaban J connectivity index is 3.45. The van der Waals surface area contributed by atoms with Gasteiger partial charge >= 0.3 is 0 Å². The summed E-state index contributed by atoms with van der Waals surface area (Å²) in [6.45, 7) is 4.79. The van der Waals surface area contributed by atoms with Crippen LogP contribution in [0.15, 0.2) is 0 Å². The van der Waals surface area contributed by atoms with Crippen LogP contribution in [0.3, 0.4) is 0 Å². The Kier molecular flexibility index (Phi) is 7.69. The first kappa shape index (κ1) is 12.4. The van der Waals surface area contributed by atoms with Crippen LogP contribution in [-0.2, 0) is 4.79 Å². The fourth-order valence-electron chi connectivity index (χ4n) is 1.03. The van der Waals surface area contributed by atoms with Crippen molar-refractivity contribution in [2.75, 3.05) is 6.54 Å². The highest BCUT2D eigenvalue weighted by Crippen LogP contribution is 1.99. The molecule has 1 atom stereocenters. The summed E-state index contributed by atoms with van der Waals surface area (Å²) in [6.07, 6.45) is 3.73. The Labute approximate surface area is 80.5 Å². The molecule has 2 N–H and O–H groups in total. The van der Waals surface area contributed by atoms with E-state index in [2.05, 4.69) is 12.2 Å². The van der Waals surface area contributed by atoms with Gasteiger partial charge in [0.1, 0.15) is 6.10 Å². The number of amides is 1. The maximum absolute atomic E-state index is 11.2. The van der Waals surface area contributed by atoms with Crippen LogP contribution in [0, 0.1) is 0 Å². The van der Waals surface area contributed by atoms with Crippen molar-refractivity contribution in [3.8, 4) is 0 Å². The van der Waals surface area contributed by atoms with Crippen LogP contribution in [0.2, 0.25) is 0 Å². The van der Waals surface area contributed by atoms with E-state index in [4.69, 9.17) is 0 Å². The van der Waals surface area contributed by atoms with E-state index < -0.39 is 6.10 Å². The summed E-state index contributed by atoms with van der Waals surface area (Å²) in [6, 6.07) is 0. The molecule has 0 saturated carbocycles. The van der Waals surface area contributed by atoms with Gasteiger partial charge < -0.3 is 10.4 Å². The quantitative estimate of drug-likeness (QED) is 0.593. The second-order valence-electron chi connectivity index (χ2n) is 3.30. The van der Waals surface area contributed by atoms with Crippen molar-refractivity contribution in [1.82, 2.24) is 5.32 Å². The molecular weight excluding hydrogens is 166 g/mol. The van der Waals surface area contributed by atoms with Crippen molar-refractivity contribution in [2.45, 2.75) is 52.1 Å². The maximum atomic E-state index is 11.2. The van der Waals surface area contributed by atoms with Gasteiger partial charge in [0.2, 0.25) is 5.91 Å². The molecule has 0 spiro atoms. The summed E-state index contributed by atoms with van der Waals surface area (Å²) in [4.78, 5) is 11.2. The van der Waals surface area contributed by atoms with E-state index in [0.717, 1.165) is 25.7 Å². The summed E-state index contributed by atoms with van der Waals surface area (Å²) >= 11 is 0. The lowest BCUT2D eigenvalue weighted by molar-refractivity contribution is -0.129. The molecule has 0 aliphatic carbocycles. The van der Waals surface area contributed by atoms with Crippen molar-refractivity contribution >= 4 is 5.91 Å². The largest absolute Gasteiger partial charge is 0.383 e. The number of nitrogens with one attached hydrogen (secondary N) is 1. The third kappa shape index (κ3) is 6.58. The molecule has 3 nitrogen and oxygen atoms in total. The fraction of sp³-hybridized carbons (Fsp3) is 0.900. The van der Waals surface area contributed by atoms with E-state index in [0.29, 0.717) is 13.0 Å². The molecule has 0 aliphatic heterocycles. The van der Waals surface area contributed by atoms with E-state index in [1.807, 2.05) is 6.92 Å². The Hall–Kier alpha value is -0.570. The normalized spacial score (nSPS) is 12.5. The smallest absolute Gasteiger partial charge is 0.248 e. The van der Waals surface area contributed by atoms with E-state index in [1.54, 1.807) is 0 Å². The zero-order valence-corrected chi connectivity index (χ0v) is 8.68. The second kappa shape index (κ2) is 8.05. The zero-order chi connectivity index (χ0) is 10.1. The summed E-state index contributed by atoms with van der Waals surface area (Å²) < 4.78 is 0. The van der Waals surface area contributed by atoms with Crippen molar-refractivity contribution < 1.29 is 9.90 Å². The topological polar surface area (TPSA) is 49.3 Å². The highest BCUT2D eigenvalue weighted by molar-refractivity contribution is 5.80. The number of hydrogen-bond donors (Lipinski definition) is 2. The van der Waals surface area contributed by atoms with Crippen LogP contribution in [-0.4, -0.2) is 23.7 Å². The Morgan fingerprint density at radius 3 is 2.46 bits per heavy atom. The van der Waals surface area contributed by atoms with Gasteiger partial charge in [-0.2, -0.15) is 0 Å². The minimum absolute atomic E-state index is 0.220. The van der Waals surface area contributed by atoms with E-state index >= 15 is 0 Å². The molecule has 78 valence electrons. The van der Waals surface area contributed by atoms with Crippen LogP contribution in [0.25, 0.3) is 0 Å². The molecule has 1 unspecified atom stereocenters. The Bertz CT molecular complexity index is 137. The van der Waals surface area contributed by atoms with E-state index in [-0.39, 0.29) is 5.91 Å². The highest BCUT2D eigenvalue weighted by atomic mass is 16.3. The average Bonchev–Trinajstić information content (AvgIpc) is 2.14. The lowest BCUT2D eigenvalue weighted by Gasteiger charge is -2.09. The lowest BCUT2D eigenvalue weighted by Crippen LogP contribution is -2.34. The van der Waals surface area contributed by atoms with E-state index in [1.165, 1.54) is 0 Å². The minimum Gasteiger partial charge on any atom is -0.383 e. The molecule has 0 aromatic carbocycles. The van der Waals surface area contributed by atoms with Crippen LogP contribution >= 0.6 is 0 Å². The van der Waals surface area contributed by atoms with Crippen LogP contribution in [0.5, 0.6) is 0 Å². The number of aliphatic hydroxyl groups is 1. The van der Waals surface area contributed by atoms with Crippen LogP contribution < -0.4 is 5.32 Å². The minimum atomic E-state index is -0.809. The van der Waals surface area contributed by atoms with Gasteiger partial charge in [0.25, 0.3) is 0 Å². The molecule has 0 aromatic heterocycles. The average molecular weight is 187 g/mol. The van der Waals surface area contributed by atoms with Crippen molar-refractivity contribution in [2.24, 2.45) is 0 Å². The van der Waals surface area contributed by atoms with Gasteiger partial charge in [0.05, 0.1) is 0 Å². The van der Waals surface area contributed by atoms with Crippen molar-refractivity contribution in [3.05, 3.63) is 0 Å². The van der Waals surface area contributed by atoms with Gasteiger partial charge in [0.15, 0.2) is 0 Å². The van der Waals surface area contributed by atoms with Crippen molar-refractivity contribution in [3.63, 3.8) is 0 Å². The number of hydrogen-bond acceptors (Lipinski definition) is 2. The van der Waals surface area contributed by atoms with Gasteiger partial charge in [-0.05, 0) is 12.8 Å². The SMILES string of the molecule is CCCCNC(=O)C(O)CCCC. The van der Waals surface area contributed by atoms with Gasteiger partial charge in [-0.3, -0.25) is 4.79 Å². The molecule has 0 bridgehead atoms. The zero-order valence-electron chi connectivity index (χ0n) is 8.68. The summed E-state index contributed by atoms with van der Waals surface area (Å²) in [5, 5.41) is 12.0. The molecule has 0 saturated heterocycles. The molecule has 13 heavy (non-hydrogen) atoms. The molecule has 0 aromatic rings. The first-order valence-corrected chi connectivity index (χ1v) is 5.18. The molecule has 0 fully saturated rings. The molecule has 0 heterocycles. The van der Waals surface area contributed by atoms with Crippen LogP contribution in [0.1, 0.15) is 46.0 Å². The number of carbonyl (C=O) groups is 1. The third-order valence-corrected chi connectivity index (χ3v) is 1.96. The first-order chi connectivity index (χ1) is 6.22. The predicted octanol–water partition coefficient (Wildman–Crippen LogP) is 1.45. The first-order valence-electron chi connectivity index (χ1n) is 5.18. The number of rotatable bonds is 7. The molecule has 0 aliphatic rings. The summed E-state index contributed by atoms with van der Waals surface area (Å²) in [5.74, 6) is -0.220. The predicted molar refractivity (Wildman–Crippen MR) is 53.4 cm³/mol. The second-order valence-corrected chi connectivity index (χ2v) is 3.30. The molecule has 1 amide bonds. The number of aliphatic hydroxyl groups excluding tert-OH is 1. The molecule has 3 heteroatoms. The van der Waals surface area contributed by atoms with Gasteiger partial charge in [-0.1, -0.05) is 33.1 Å². The van der Waals surface area contributed by atoms with Gasteiger partial charge in [0, 0.05) is 6.54 Å². The molecular formula is C10H21NO2. The standard InChI is InChI=1S/C10H21NO2/c1-3-5-7-9(12)10(13)11-8-6-4-2/h9,12H,3-8H2,1-2H3,(H,11,13). The highest BCUT2D eigenvalue weighted by Gasteiger charge is 2.12. The lowest BCUT2D eigenvalue weighted by atomic mass is 10.1. The molecule has 0 radical (unpaired) electrons. The van der Waals surface area contributed by atoms with Gasteiger partial charge in [-0.25, -0.2) is 0 Å². The monoisotopic (exact) mass is 187 g/mol. The van der Waals surface area contributed by atoms with Gasteiger partial charge in [-0.15, -0.1) is 0 Å². The fourth-order valence-corrected chi connectivity index (χ4v) is 1.03. The van der Waals surface area contributed by atoms with Crippen LogP contribution in [0.4, 0.5) is 0 Å². The maximum Gasteiger partial charge on any atom is 0.248 e. The number of carbonyl (C=O) groups excluding carboxylic acids is 1. The third-order valence-electron chi connectivity index (χ3n) is 1.96.